The summed E-state index contributed by atoms with van der Waals surface area (Å²) in [7, 11) is 0. The van der Waals surface area contributed by atoms with Crippen molar-refractivity contribution < 1.29 is 14.2 Å². The summed E-state index contributed by atoms with van der Waals surface area (Å²) in [5.74, 6) is 1.65. The number of hydrogen-bond donors (Lipinski definition) is 0. The Labute approximate surface area is 235 Å². The lowest BCUT2D eigenvalue weighted by molar-refractivity contribution is 0.256. The average Bonchev–Trinajstić information content (AvgIpc) is 2.96. The van der Waals surface area contributed by atoms with Gasteiger partial charge in [-0.15, -0.1) is 0 Å². The lowest BCUT2D eigenvalue weighted by atomic mass is 10.1. The molecule has 3 aromatic rings. The number of ether oxygens (including phenoxy) is 3. The summed E-state index contributed by atoms with van der Waals surface area (Å²) < 4.78 is 20.5. The molecule has 3 rings (SSSR count). The fourth-order valence-corrected chi connectivity index (χ4v) is 4.78. The van der Waals surface area contributed by atoms with Crippen LogP contribution >= 0.6 is 0 Å². The number of rotatable bonds is 20. The predicted molar refractivity (Wildman–Crippen MR) is 162 cm³/mol. The highest BCUT2D eigenvalue weighted by Gasteiger charge is 2.20. The van der Waals surface area contributed by atoms with E-state index in [1.807, 2.05) is 53.1 Å². The maximum absolute atomic E-state index is 14.0. The Morgan fingerprint density at radius 3 is 2.05 bits per heavy atom. The van der Waals surface area contributed by atoms with E-state index in [0.29, 0.717) is 37.9 Å². The third kappa shape index (κ3) is 9.63. The van der Waals surface area contributed by atoms with Gasteiger partial charge in [-0.05, 0) is 37.0 Å². The number of nitrogens with zero attached hydrogens (tertiary/aromatic N) is 1. The molecule has 0 saturated heterocycles. The van der Waals surface area contributed by atoms with E-state index in [4.69, 9.17) is 14.2 Å². The highest BCUT2D eigenvalue weighted by Crippen LogP contribution is 2.35. The molecule has 2 aromatic carbocycles. The van der Waals surface area contributed by atoms with Crippen molar-refractivity contribution in [3.05, 3.63) is 64.4 Å². The maximum Gasteiger partial charge on any atom is 0.297 e. The topological polar surface area (TPSA) is 49.7 Å². The molecule has 0 aliphatic heterocycles. The second-order valence-electron chi connectivity index (χ2n) is 10.4. The Balaban J connectivity index is 1.96. The SMILES string of the molecule is CCCCCCCCn1c(=O)c(OCc2ccccc2)c(OCCCC)c2ccc(OCCCCCC)cc21. The number of benzene rings is 2. The Morgan fingerprint density at radius 2 is 1.31 bits per heavy atom. The highest BCUT2D eigenvalue weighted by atomic mass is 16.5. The number of hydrogen-bond acceptors (Lipinski definition) is 4. The first-order valence-corrected chi connectivity index (χ1v) is 15.3. The molecule has 1 heterocycles. The molecule has 0 bridgehead atoms. The van der Waals surface area contributed by atoms with Gasteiger partial charge in [0.15, 0.2) is 5.75 Å². The van der Waals surface area contributed by atoms with Crippen LogP contribution in [0.25, 0.3) is 10.9 Å². The second-order valence-corrected chi connectivity index (χ2v) is 10.4. The van der Waals surface area contributed by atoms with Crippen molar-refractivity contribution >= 4 is 10.9 Å². The van der Waals surface area contributed by atoms with E-state index in [2.05, 4.69) is 20.8 Å². The summed E-state index contributed by atoms with van der Waals surface area (Å²) in [5.41, 5.74) is 1.75. The van der Waals surface area contributed by atoms with E-state index in [0.717, 1.165) is 54.3 Å². The third-order valence-corrected chi connectivity index (χ3v) is 7.12. The molecule has 0 amide bonds. The van der Waals surface area contributed by atoms with Crippen LogP contribution in [0.3, 0.4) is 0 Å². The van der Waals surface area contributed by atoms with Crippen molar-refractivity contribution in [3.63, 3.8) is 0 Å². The Kier molecular flexibility index (Phi) is 13.8. The van der Waals surface area contributed by atoms with E-state index in [1.165, 1.54) is 44.9 Å². The van der Waals surface area contributed by atoms with Crippen LogP contribution in [0, 0.1) is 0 Å². The molecule has 214 valence electrons. The Morgan fingerprint density at radius 1 is 0.641 bits per heavy atom. The molecule has 0 aliphatic carbocycles. The van der Waals surface area contributed by atoms with Crippen molar-refractivity contribution in [3.8, 4) is 17.2 Å². The van der Waals surface area contributed by atoms with Crippen LogP contribution in [0.5, 0.6) is 17.2 Å². The van der Waals surface area contributed by atoms with Gasteiger partial charge in [-0.3, -0.25) is 4.79 Å². The summed E-state index contributed by atoms with van der Waals surface area (Å²) in [4.78, 5) is 14.0. The Hall–Kier alpha value is -2.95. The van der Waals surface area contributed by atoms with E-state index in [9.17, 15) is 4.79 Å². The van der Waals surface area contributed by atoms with Crippen LogP contribution < -0.4 is 19.8 Å². The molecular formula is C34H49NO4. The van der Waals surface area contributed by atoms with Gasteiger partial charge in [0.2, 0.25) is 5.75 Å². The summed E-state index contributed by atoms with van der Waals surface area (Å²) in [6.45, 7) is 8.79. The zero-order chi connectivity index (χ0) is 27.7. The number of unbranched alkanes of at least 4 members (excludes halogenated alkanes) is 9. The number of aryl methyl sites for hydroxylation is 1. The Bertz CT molecular complexity index is 1160. The van der Waals surface area contributed by atoms with E-state index < -0.39 is 0 Å². The highest BCUT2D eigenvalue weighted by molar-refractivity contribution is 5.89. The molecule has 0 saturated carbocycles. The molecule has 0 spiro atoms. The normalized spacial score (nSPS) is 11.2. The molecular weight excluding hydrogens is 486 g/mol. The largest absolute Gasteiger partial charge is 0.494 e. The minimum absolute atomic E-state index is 0.126. The van der Waals surface area contributed by atoms with E-state index >= 15 is 0 Å². The van der Waals surface area contributed by atoms with Crippen molar-refractivity contribution in [2.24, 2.45) is 0 Å². The first kappa shape index (κ1) is 30.6. The smallest absolute Gasteiger partial charge is 0.297 e. The third-order valence-electron chi connectivity index (χ3n) is 7.12. The first-order chi connectivity index (χ1) is 19.2. The number of fused-ring (bicyclic) bond motifs is 1. The van der Waals surface area contributed by atoms with Gasteiger partial charge in [0, 0.05) is 18.0 Å². The summed E-state index contributed by atoms with van der Waals surface area (Å²) in [5, 5.41) is 0.901. The van der Waals surface area contributed by atoms with Crippen molar-refractivity contribution in [2.75, 3.05) is 13.2 Å². The average molecular weight is 536 g/mol. The molecule has 0 N–H and O–H groups in total. The molecule has 5 nitrogen and oxygen atoms in total. The number of pyridine rings is 1. The van der Waals surface area contributed by atoms with Gasteiger partial charge >= 0.3 is 0 Å². The second kappa shape index (κ2) is 17.6. The van der Waals surface area contributed by atoms with Gasteiger partial charge in [0.05, 0.1) is 18.7 Å². The van der Waals surface area contributed by atoms with Gasteiger partial charge in [-0.2, -0.15) is 0 Å². The molecule has 5 heteroatoms. The maximum atomic E-state index is 14.0. The minimum Gasteiger partial charge on any atom is -0.494 e. The van der Waals surface area contributed by atoms with E-state index in [-0.39, 0.29) is 5.56 Å². The van der Waals surface area contributed by atoms with Gasteiger partial charge in [0.1, 0.15) is 12.4 Å². The summed E-state index contributed by atoms with van der Waals surface area (Å²) >= 11 is 0. The van der Waals surface area contributed by atoms with Crippen LogP contribution in [0.15, 0.2) is 53.3 Å². The fraction of sp³-hybridized carbons (Fsp3) is 0.559. The van der Waals surface area contributed by atoms with E-state index in [1.54, 1.807) is 0 Å². The molecule has 0 aliphatic rings. The van der Waals surface area contributed by atoms with Gasteiger partial charge < -0.3 is 18.8 Å². The van der Waals surface area contributed by atoms with Crippen LogP contribution in [0.1, 0.15) is 103 Å². The first-order valence-electron chi connectivity index (χ1n) is 15.3. The standard InChI is InChI=1S/C34H49NO4/c1-4-7-10-12-13-17-23-35-31-26-29(37-25-18-11-8-5-2)21-22-30(31)32(38-24-9-6-3)33(34(35)36)39-27-28-19-15-14-16-20-28/h14-16,19-22,26H,4-13,17-18,23-25,27H2,1-3H3. The van der Waals surface area contributed by atoms with Crippen LogP contribution in [0.4, 0.5) is 0 Å². The number of aromatic nitrogens is 1. The quantitative estimate of drug-likeness (QED) is 0.135. The van der Waals surface area contributed by atoms with Crippen LogP contribution in [-0.2, 0) is 13.2 Å². The molecule has 0 atom stereocenters. The van der Waals surface area contributed by atoms with Crippen molar-refractivity contribution in [1.29, 1.82) is 0 Å². The molecule has 1 aromatic heterocycles. The fourth-order valence-electron chi connectivity index (χ4n) is 4.78. The van der Waals surface area contributed by atoms with Gasteiger partial charge in [-0.1, -0.05) is 109 Å². The van der Waals surface area contributed by atoms with Crippen molar-refractivity contribution in [2.45, 2.75) is 111 Å². The van der Waals surface area contributed by atoms with Crippen LogP contribution in [0.2, 0.25) is 0 Å². The predicted octanol–water partition coefficient (Wildman–Crippen LogP) is 9.08. The monoisotopic (exact) mass is 535 g/mol. The lowest BCUT2D eigenvalue weighted by Gasteiger charge is -2.19. The summed E-state index contributed by atoms with van der Waals surface area (Å²) in [6, 6.07) is 16.0. The molecule has 0 radical (unpaired) electrons. The molecule has 0 fully saturated rings. The lowest BCUT2D eigenvalue weighted by Crippen LogP contribution is -2.24. The van der Waals surface area contributed by atoms with Gasteiger partial charge in [0.25, 0.3) is 5.56 Å². The van der Waals surface area contributed by atoms with Crippen molar-refractivity contribution in [1.82, 2.24) is 4.57 Å². The minimum atomic E-state index is -0.126. The zero-order valence-electron chi connectivity index (χ0n) is 24.5. The molecule has 0 unspecified atom stereocenters. The molecule has 39 heavy (non-hydrogen) atoms. The van der Waals surface area contributed by atoms with Crippen LogP contribution in [-0.4, -0.2) is 17.8 Å². The zero-order valence-corrected chi connectivity index (χ0v) is 24.5. The van der Waals surface area contributed by atoms with Gasteiger partial charge in [-0.25, -0.2) is 0 Å². The summed E-state index contributed by atoms with van der Waals surface area (Å²) in [6.07, 6.45) is 13.6.